The molecule has 3 aromatic rings. The summed E-state index contributed by atoms with van der Waals surface area (Å²) in [6, 6.07) is 19.8. The van der Waals surface area contributed by atoms with Gasteiger partial charge in [0.25, 0.3) is 0 Å². The van der Waals surface area contributed by atoms with Crippen LogP contribution in [0.1, 0.15) is 17.2 Å². The summed E-state index contributed by atoms with van der Waals surface area (Å²) in [5.41, 5.74) is 7.78. The Bertz CT molecular complexity index is 1110. The summed E-state index contributed by atoms with van der Waals surface area (Å²) in [5.74, 6) is -1.07. The van der Waals surface area contributed by atoms with Gasteiger partial charge in [0, 0.05) is 0 Å². The van der Waals surface area contributed by atoms with Crippen molar-refractivity contribution in [2.75, 3.05) is 13.1 Å². The van der Waals surface area contributed by atoms with Crippen molar-refractivity contribution in [3.63, 3.8) is 0 Å². The van der Waals surface area contributed by atoms with Crippen LogP contribution in [0.15, 0.2) is 66.7 Å². The number of amides is 1. The van der Waals surface area contributed by atoms with Crippen LogP contribution in [0.2, 0.25) is 5.02 Å². The summed E-state index contributed by atoms with van der Waals surface area (Å²) in [6.07, 6.45) is 0.608. The van der Waals surface area contributed by atoms with Gasteiger partial charge in [-0.3, -0.25) is 0 Å². The number of hydrogen-bond donors (Lipinski definition) is 1. The van der Waals surface area contributed by atoms with E-state index in [4.69, 9.17) is 17.3 Å². The van der Waals surface area contributed by atoms with E-state index in [2.05, 4.69) is 0 Å². The number of carboxylic acids is 1. The van der Waals surface area contributed by atoms with Gasteiger partial charge in [-0.05, 0) is 0 Å². The fourth-order valence-corrected chi connectivity index (χ4v) is 5.57. The number of halogens is 2. The average molecular weight is 546 g/mol. The summed E-state index contributed by atoms with van der Waals surface area (Å²) in [6.45, 7) is 0.448. The maximum absolute atomic E-state index is 13.1. The summed E-state index contributed by atoms with van der Waals surface area (Å²) in [4.78, 5) is 27.1. The van der Waals surface area contributed by atoms with Crippen LogP contribution in [0.5, 0.6) is 0 Å². The van der Waals surface area contributed by atoms with Gasteiger partial charge in [0.2, 0.25) is 0 Å². The topological polar surface area (TPSA) is 60.9 Å². The second-order valence-electron chi connectivity index (χ2n) is 7.45. The molecule has 1 N–H and O–H groups in total. The molecule has 31 heavy (non-hydrogen) atoms. The van der Waals surface area contributed by atoms with Gasteiger partial charge in [-0.2, -0.15) is 0 Å². The molecular formula is C23H20BClIN2O3-. The third-order valence-electron chi connectivity index (χ3n) is 5.59. The van der Waals surface area contributed by atoms with E-state index in [0.717, 1.165) is 21.9 Å². The Morgan fingerprint density at radius 2 is 1.81 bits per heavy atom. The van der Waals surface area contributed by atoms with Crippen molar-refractivity contribution < 1.29 is 36.0 Å². The molecule has 4 rings (SSSR count). The van der Waals surface area contributed by atoms with E-state index in [1.54, 1.807) is 8.01 Å². The Morgan fingerprint density at radius 1 is 1.10 bits per heavy atom. The predicted molar refractivity (Wildman–Crippen MR) is 117 cm³/mol. The average Bonchev–Trinajstić information content (AvgIpc) is 2.78. The molecule has 0 saturated carbocycles. The van der Waals surface area contributed by atoms with E-state index in [-0.39, 0.29) is 12.5 Å². The Morgan fingerprint density at radius 3 is 2.48 bits per heavy atom. The number of fused-ring (bicyclic) bond motifs is 1. The first-order chi connectivity index (χ1) is 15.0. The molecule has 0 aliphatic carbocycles. The molecule has 158 valence electrons. The minimum absolute atomic E-state index is 0.0332. The second-order valence-corrected chi connectivity index (χ2v) is 9.69. The van der Waals surface area contributed by atoms with E-state index in [0.29, 0.717) is 18.0 Å². The van der Waals surface area contributed by atoms with Crippen LogP contribution in [-0.4, -0.2) is 49.8 Å². The van der Waals surface area contributed by atoms with Gasteiger partial charge in [0.05, 0.1) is 0 Å². The van der Waals surface area contributed by atoms with E-state index in [1.807, 2.05) is 66.7 Å². The molecule has 2 radical (unpaired) electrons. The van der Waals surface area contributed by atoms with E-state index in [9.17, 15) is 14.7 Å². The van der Waals surface area contributed by atoms with Gasteiger partial charge in [-0.25, -0.2) is 0 Å². The minimum atomic E-state index is -1.06. The summed E-state index contributed by atoms with van der Waals surface area (Å²) in [7, 11) is 0. The van der Waals surface area contributed by atoms with Crippen LogP contribution in [0.25, 0.3) is 10.8 Å². The van der Waals surface area contributed by atoms with Gasteiger partial charge >= 0.3 is 198 Å². The van der Waals surface area contributed by atoms with Gasteiger partial charge < -0.3 is 0 Å². The number of nitrogens with zero attached hydrogens (tertiary/aromatic N) is 2. The Hall–Kier alpha value is -2.10. The number of carbonyl (C=O) groups excluding carboxylic acids is 1. The molecule has 1 fully saturated rings. The predicted octanol–water partition coefficient (Wildman–Crippen LogP) is 0.462. The normalized spacial score (nSPS) is 19.8. The molecule has 1 aliphatic rings. The zero-order valence-corrected chi connectivity index (χ0v) is 19.5. The van der Waals surface area contributed by atoms with Gasteiger partial charge in [0.15, 0.2) is 0 Å². The third kappa shape index (κ3) is 4.73. The van der Waals surface area contributed by atoms with Crippen molar-refractivity contribution in [2.24, 2.45) is 0 Å². The van der Waals surface area contributed by atoms with Crippen LogP contribution in [-0.2, 0) is 16.0 Å². The molecule has 1 saturated heterocycles. The number of aliphatic carboxylic acids is 1. The van der Waals surface area contributed by atoms with Gasteiger partial charge in [0.1, 0.15) is 0 Å². The maximum atomic E-state index is 13.1. The van der Waals surface area contributed by atoms with E-state index >= 15 is 0 Å². The molecule has 1 amide bonds. The SMILES string of the molecule is [B][I-]N1CC(=O)N(CCc2ccc(Cl)cc2)[C@@H](c2ccc3ccccc3c2)[C@@H]1C(=O)O. The zero-order valence-electron chi connectivity index (χ0n) is 16.6. The number of carbonyl (C=O) groups is 2. The summed E-state index contributed by atoms with van der Waals surface area (Å²) in [5, 5.41) is 12.8. The first kappa shape index (κ1) is 22.1. The fourth-order valence-electron chi connectivity index (χ4n) is 4.07. The standard InChI is InChI=1S/C23H20BClIN2O3/c24-26-28-14-20(29)27(12-11-15-5-9-19(25)10-6-15)21(22(28)23(30)31)18-8-7-16-3-1-2-4-17(16)13-18/h1-10,13,21-22H,11-12,14H2,(H,30,31)/q-1/t21-,22+/m0/s1. The molecule has 8 heteroatoms. The van der Waals surface area contributed by atoms with Crippen molar-refractivity contribution in [1.29, 1.82) is 0 Å². The number of carboxylic acid groups (broad SMARTS) is 1. The number of piperazine rings is 1. The van der Waals surface area contributed by atoms with Crippen molar-refractivity contribution >= 4 is 40.0 Å². The van der Waals surface area contributed by atoms with Gasteiger partial charge in [-0.15, -0.1) is 0 Å². The molecule has 5 nitrogen and oxygen atoms in total. The van der Waals surface area contributed by atoms with Crippen LogP contribution in [0.3, 0.4) is 0 Å². The van der Waals surface area contributed by atoms with Crippen molar-refractivity contribution in [3.05, 3.63) is 82.9 Å². The Kier molecular flexibility index (Phi) is 6.84. The van der Waals surface area contributed by atoms with Crippen LogP contribution >= 0.6 is 11.6 Å². The summed E-state index contributed by atoms with van der Waals surface area (Å²) < 4.78 is 1.64. The van der Waals surface area contributed by atoms with Gasteiger partial charge in [-0.1, -0.05) is 0 Å². The molecule has 1 heterocycles. The molecule has 0 spiro atoms. The number of hydrogen-bond acceptors (Lipinski definition) is 3. The third-order valence-corrected chi connectivity index (χ3v) is 7.50. The molecular weight excluding hydrogens is 525 g/mol. The summed E-state index contributed by atoms with van der Waals surface area (Å²) >= 11 is 4.92. The first-order valence-electron chi connectivity index (χ1n) is 9.84. The first-order valence-corrected chi connectivity index (χ1v) is 12.4. The number of rotatable bonds is 6. The van der Waals surface area contributed by atoms with E-state index in [1.165, 1.54) is 0 Å². The Labute approximate surface area is 197 Å². The van der Waals surface area contributed by atoms with Crippen LogP contribution < -0.4 is 21.3 Å². The number of benzene rings is 3. The quantitative estimate of drug-likeness (QED) is 0.278. The molecule has 1 aliphatic heterocycles. The van der Waals surface area contributed by atoms with Crippen LogP contribution in [0.4, 0.5) is 0 Å². The Balaban J connectivity index is 1.72. The van der Waals surface area contributed by atoms with Crippen LogP contribution in [0, 0.1) is 0 Å². The second kappa shape index (κ2) is 9.59. The molecule has 2 atom stereocenters. The van der Waals surface area contributed by atoms with Crippen molar-refractivity contribution in [1.82, 2.24) is 8.01 Å². The molecule has 3 aromatic carbocycles. The fraction of sp³-hybridized carbons (Fsp3) is 0.217. The van der Waals surface area contributed by atoms with E-state index < -0.39 is 39.3 Å². The van der Waals surface area contributed by atoms with Crippen molar-refractivity contribution in [2.45, 2.75) is 18.5 Å². The monoisotopic (exact) mass is 545 g/mol. The molecule has 0 aromatic heterocycles. The molecule has 0 bridgehead atoms. The zero-order chi connectivity index (χ0) is 22.0. The molecule has 0 unspecified atom stereocenters. The van der Waals surface area contributed by atoms with Crippen molar-refractivity contribution in [3.8, 4) is 0 Å².